The Balaban J connectivity index is 3.46. The van der Waals surface area contributed by atoms with Crippen molar-refractivity contribution in [2.75, 3.05) is 6.61 Å². The average molecular weight is 381 g/mol. The largest absolute Gasteiger partial charge is 0.448 e. The van der Waals surface area contributed by atoms with Crippen LogP contribution in [0.2, 0.25) is 0 Å². The summed E-state index contributed by atoms with van der Waals surface area (Å²) in [7, 11) is 0. The number of carbonyl (C=O) groups excluding carboxylic acids is 4. The van der Waals surface area contributed by atoms with Gasteiger partial charge in [0.05, 0.1) is 11.5 Å². The first kappa shape index (κ1) is 21.5. The Morgan fingerprint density at radius 3 is 2.00 bits per heavy atom. The predicted octanol–water partition coefficient (Wildman–Crippen LogP) is 1.93. The molecule has 0 spiro atoms. The predicted molar refractivity (Wildman–Crippen MR) is 89.7 cm³/mol. The lowest BCUT2D eigenvalue weighted by atomic mass is 10.1. The molecule has 1 rings (SSSR count). The maximum atomic E-state index is 12.2. The van der Waals surface area contributed by atoms with Gasteiger partial charge in [0.1, 0.15) is 0 Å². The van der Waals surface area contributed by atoms with Crippen molar-refractivity contribution < 1.29 is 33.6 Å². The van der Waals surface area contributed by atoms with Crippen molar-refractivity contribution >= 4 is 29.6 Å². The lowest BCUT2D eigenvalue weighted by molar-refractivity contribution is -0.384. The number of hydrogen-bond donors (Lipinski definition) is 0. The summed E-state index contributed by atoms with van der Waals surface area (Å²) in [4.78, 5) is 58.0. The smallest absolute Gasteiger partial charge is 0.436 e. The number of nitro benzene ring substituents is 1. The van der Waals surface area contributed by atoms with Crippen molar-refractivity contribution in [2.45, 2.75) is 33.9 Å². The topological polar surface area (TPSA) is 136 Å². The number of ether oxygens (including phenoxy) is 2. The molecule has 0 aliphatic carbocycles. The fourth-order valence-electron chi connectivity index (χ4n) is 2.14. The van der Waals surface area contributed by atoms with Crippen LogP contribution in [-0.2, 0) is 23.9 Å². The maximum absolute atomic E-state index is 12.2. The molecule has 3 amide bonds. The van der Waals surface area contributed by atoms with Gasteiger partial charge in [0.15, 0.2) is 0 Å². The van der Waals surface area contributed by atoms with E-state index in [1.54, 1.807) is 0 Å². The third-order valence-electron chi connectivity index (χ3n) is 3.17. The van der Waals surface area contributed by atoms with E-state index in [0.29, 0.717) is 10.0 Å². The van der Waals surface area contributed by atoms with Crippen LogP contribution < -0.4 is 0 Å². The summed E-state index contributed by atoms with van der Waals surface area (Å²) < 4.78 is 9.89. The molecule has 11 heteroatoms. The molecule has 0 bridgehead atoms. The average Bonchev–Trinajstić information content (AvgIpc) is 2.57. The van der Waals surface area contributed by atoms with Gasteiger partial charge in [-0.2, -0.15) is 5.01 Å². The van der Waals surface area contributed by atoms with Crippen LogP contribution in [0.5, 0.6) is 0 Å². The zero-order valence-electron chi connectivity index (χ0n) is 15.2. The van der Waals surface area contributed by atoms with Gasteiger partial charge in [0.25, 0.3) is 5.69 Å². The molecule has 0 fully saturated rings. The number of benzene rings is 1. The molecule has 0 saturated heterocycles. The number of carbonyl (C=O) groups is 4. The molecule has 1 aromatic carbocycles. The Hall–Kier alpha value is -3.50. The normalized spacial score (nSPS) is 11.1. The summed E-state index contributed by atoms with van der Waals surface area (Å²) in [5.74, 6) is -2.47. The lowest BCUT2D eigenvalue weighted by Gasteiger charge is -2.36. The van der Waals surface area contributed by atoms with Crippen LogP contribution in [0.3, 0.4) is 0 Å². The van der Waals surface area contributed by atoms with Gasteiger partial charge >= 0.3 is 12.1 Å². The molecule has 1 atom stereocenters. The highest BCUT2D eigenvalue weighted by atomic mass is 16.6. The van der Waals surface area contributed by atoms with E-state index in [1.807, 2.05) is 0 Å². The monoisotopic (exact) mass is 381 g/mol. The molecule has 1 aromatic rings. The van der Waals surface area contributed by atoms with Gasteiger partial charge in [0, 0.05) is 38.5 Å². The van der Waals surface area contributed by atoms with Crippen LogP contribution in [0.4, 0.5) is 10.5 Å². The minimum atomic E-state index is -1.52. The van der Waals surface area contributed by atoms with E-state index in [1.165, 1.54) is 19.1 Å². The van der Waals surface area contributed by atoms with Gasteiger partial charge < -0.3 is 9.47 Å². The first-order valence-corrected chi connectivity index (χ1v) is 7.78. The Morgan fingerprint density at radius 2 is 1.63 bits per heavy atom. The van der Waals surface area contributed by atoms with E-state index in [4.69, 9.17) is 9.47 Å². The Labute approximate surface area is 154 Å². The van der Waals surface area contributed by atoms with Gasteiger partial charge in [-0.05, 0) is 19.1 Å². The number of nitro groups is 1. The maximum Gasteiger partial charge on any atom is 0.436 e. The van der Waals surface area contributed by atoms with E-state index in [-0.39, 0.29) is 17.9 Å². The van der Waals surface area contributed by atoms with Crippen molar-refractivity contribution in [1.82, 2.24) is 10.0 Å². The van der Waals surface area contributed by atoms with Crippen LogP contribution in [0.1, 0.15) is 39.5 Å². The summed E-state index contributed by atoms with van der Waals surface area (Å²) in [6.45, 7) is 4.59. The lowest BCUT2D eigenvalue weighted by Crippen LogP contribution is -2.53. The molecule has 1 unspecified atom stereocenters. The fraction of sp³-hybridized carbons (Fsp3) is 0.375. The van der Waals surface area contributed by atoms with Gasteiger partial charge in [-0.3, -0.25) is 24.5 Å². The Kier molecular flexibility index (Phi) is 7.39. The number of rotatable bonds is 5. The van der Waals surface area contributed by atoms with E-state index in [0.717, 1.165) is 32.9 Å². The minimum absolute atomic E-state index is 0.0654. The number of nitrogens with zero attached hydrogens (tertiary/aromatic N) is 3. The first-order valence-electron chi connectivity index (χ1n) is 7.78. The third kappa shape index (κ3) is 5.49. The molecular weight excluding hydrogens is 362 g/mol. The summed E-state index contributed by atoms with van der Waals surface area (Å²) in [6.07, 6.45) is -2.66. The molecule has 0 radical (unpaired) electrons. The molecule has 0 aliphatic heterocycles. The second-order valence-corrected chi connectivity index (χ2v) is 5.20. The SMILES string of the molecule is CCOC(=O)N(C(C)=O)N(C(C)=O)C(OC(C)=O)c1ccc([N+](=O)[O-])cc1. The van der Waals surface area contributed by atoms with Gasteiger partial charge in [-0.1, -0.05) is 0 Å². The van der Waals surface area contributed by atoms with Crippen molar-refractivity contribution in [3.8, 4) is 0 Å². The molecule has 0 aliphatic rings. The summed E-state index contributed by atoms with van der Waals surface area (Å²) in [6, 6.07) is 4.75. The number of hydrazine groups is 1. The minimum Gasteiger partial charge on any atom is -0.448 e. The van der Waals surface area contributed by atoms with Crippen LogP contribution in [0.25, 0.3) is 0 Å². The Morgan fingerprint density at radius 1 is 1.07 bits per heavy atom. The van der Waals surface area contributed by atoms with Crippen LogP contribution >= 0.6 is 0 Å². The molecular formula is C16H19N3O8. The first-order chi connectivity index (χ1) is 12.6. The zero-order valence-corrected chi connectivity index (χ0v) is 15.2. The zero-order chi connectivity index (χ0) is 20.7. The van der Waals surface area contributed by atoms with Crippen molar-refractivity contribution in [1.29, 1.82) is 0 Å². The number of non-ortho nitro benzene ring substituents is 1. The number of esters is 1. The molecule has 0 heterocycles. The standard InChI is InChI=1S/C16H19N3O8/c1-5-26-16(23)18(11(3)21)17(10(2)20)15(27-12(4)22)13-6-8-14(9-7-13)19(24)25/h6-9,15H,5H2,1-4H3. The van der Waals surface area contributed by atoms with Crippen LogP contribution in [0, 0.1) is 10.1 Å². The second kappa shape index (κ2) is 9.27. The van der Waals surface area contributed by atoms with Crippen molar-refractivity contribution in [3.05, 3.63) is 39.9 Å². The molecule has 0 N–H and O–H groups in total. The second-order valence-electron chi connectivity index (χ2n) is 5.20. The highest BCUT2D eigenvalue weighted by molar-refractivity contribution is 5.93. The third-order valence-corrected chi connectivity index (χ3v) is 3.17. The number of amides is 3. The Bertz CT molecular complexity index is 747. The van der Waals surface area contributed by atoms with Gasteiger partial charge in [-0.15, -0.1) is 5.01 Å². The highest BCUT2D eigenvalue weighted by Crippen LogP contribution is 2.27. The van der Waals surface area contributed by atoms with Crippen molar-refractivity contribution in [3.63, 3.8) is 0 Å². The van der Waals surface area contributed by atoms with Gasteiger partial charge in [0.2, 0.25) is 18.0 Å². The quantitative estimate of drug-likeness (QED) is 0.326. The van der Waals surface area contributed by atoms with Crippen molar-refractivity contribution in [2.24, 2.45) is 0 Å². The van der Waals surface area contributed by atoms with E-state index in [2.05, 4.69) is 0 Å². The van der Waals surface area contributed by atoms with E-state index in [9.17, 15) is 29.3 Å². The van der Waals surface area contributed by atoms with Crippen LogP contribution in [-0.4, -0.2) is 45.4 Å². The highest BCUT2D eigenvalue weighted by Gasteiger charge is 2.37. The van der Waals surface area contributed by atoms with Crippen LogP contribution in [0.15, 0.2) is 24.3 Å². The summed E-state index contributed by atoms with van der Waals surface area (Å²) in [5, 5.41) is 11.8. The molecule has 146 valence electrons. The summed E-state index contributed by atoms with van der Waals surface area (Å²) in [5.41, 5.74) is -0.106. The molecule has 0 aromatic heterocycles. The molecule has 0 saturated carbocycles. The van der Waals surface area contributed by atoms with Gasteiger partial charge in [-0.25, -0.2) is 4.79 Å². The molecule has 11 nitrogen and oxygen atoms in total. The number of imide groups is 1. The van der Waals surface area contributed by atoms with E-state index < -0.39 is 35.0 Å². The van der Waals surface area contributed by atoms with E-state index >= 15 is 0 Å². The fourth-order valence-corrected chi connectivity index (χ4v) is 2.14. The summed E-state index contributed by atoms with van der Waals surface area (Å²) >= 11 is 0. The molecule has 27 heavy (non-hydrogen) atoms. The number of hydrogen-bond acceptors (Lipinski definition) is 8.